The van der Waals surface area contributed by atoms with Crippen molar-refractivity contribution >= 4 is 34.9 Å². The van der Waals surface area contributed by atoms with Gasteiger partial charge in [0.2, 0.25) is 0 Å². The number of carboxylic acid groups (broad SMARTS) is 1. The molecule has 1 amide bonds. The van der Waals surface area contributed by atoms with Crippen LogP contribution in [0.5, 0.6) is 17.2 Å². The van der Waals surface area contributed by atoms with Crippen LogP contribution < -0.4 is 10.1 Å². The van der Waals surface area contributed by atoms with E-state index in [0.29, 0.717) is 18.1 Å². The van der Waals surface area contributed by atoms with Crippen LogP contribution in [0, 0.1) is 5.92 Å². The van der Waals surface area contributed by atoms with Gasteiger partial charge in [0, 0.05) is 12.1 Å². The zero-order valence-corrected chi connectivity index (χ0v) is 15.5. The Bertz CT molecular complexity index is 938. The first-order chi connectivity index (χ1) is 13.3. The molecular formula is C20H18ClNO6. The highest BCUT2D eigenvalue weighted by Gasteiger charge is 2.23. The summed E-state index contributed by atoms with van der Waals surface area (Å²) >= 11 is 6.13. The maximum Gasteiger partial charge on any atom is 0.394 e. The molecule has 2 aromatic rings. The number of aliphatic carboxylic acids is 1. The van der Waals surface area contributed by atoms with Crippen LogP contribution in [0.1, 0.15) is 36.0 Å². The summed E-state index contributed by atoms with van der Waals surface area (Å²) in [7, 11) is 0. The van der Waals surface area contributed by atoms with Gasteiger partial charge in [0.1, 0.15) is 17.2 Å². The van der Waals surface area contributed by atoms with Crippen molar-refractivity contribution in [3.05, 3.63) is 47.0 Å². The lowest BCUT2D eigenvalue weighted by atomic mass is 9.81. The molecule has 3 N–H and O–H groups in total. The first-order valence-corrected chi connectivity index (χ1v) is 9.09. The van der Waals surface area contributed by atoms with E-state index in [-0.39, 0.29) is 33.6 Å². The first-order valence-electron chi connectivity index (χ1n) is 8.71. The van der Waals surface area contributed by atoms with Gasteiger partial charge in [0.05, 0.1) is 10.6 Å². The van der Waals surface area contributed by atoms with E-state index in [4.69, 9.17) is 21.4 Å². The van der Waals surface area contributed by atoms with Gasteiger partial charge in [-0.3, -0.25) is 9.59 Å². The number of hydrogen-bond donors (Lipinski definition) is 3. The molecule has 1 saturated carbocycles. The average Bonchev–Trinajstić information content (AvgIpc) is 2.61. The maximum atomic E-state index is 12.4. The summed E-state index contributed by atoms with van der Waals surface area (Å²) in [5.74, 6) is -2.09. The molecule has 3 rings (SSSR count). The quantitative estimate of drug-likeness (QED) is 0.491. The van der Waals surface area contributed by atoms with Crippen molar-refractivity contribution in [1.29, 1.82) is 0 Å². The number of aromatic hydroxyl groups is 1. The minimum Gasteiger partial charge on any atom is -0.507 e. The largest absolute Gasteiger partial charge is 0.507 e. The van der Waals surface area contributed by atoms with Gasteiger partial charge in [-0.2, -0.15) is 0 Å². The Balaban J connectivity index is 1.74. The van der Waals surface area contributed by atoms with Crippen LogP contribution in [0.3, 0.4) is 0 Å². The average molecular weight is 404 g/mol. The zero-order valence-electron chi connectivity index (χ0n) is 14.8. The van der Waals surface area contributed by atoms with Gasteiger partial charge in [0.25, 0.3) is 0 Å². The summed E-state index contributed by atoms with van der Waals surface area (Å²) in [5, 5.41) is 20.9. The molecule has 0 aromatic heterocycles. The van der Waals surface area contributed by atoms with Crippen LogP contribution in [0.4, 0.5) is 5.69 Å². The Morgan fingerprint density at radius 1 is 1.14 bits per heavy atom. The lowest BCUT2D eigenvalue weighted by molar-refractivity contribution is -0.147. The zero-order chi connectivity index (χ0) is 20.3. The fraction of sp³-hybridized carbons (Fsp3) is 0.250. The standard InChI is InChI=1S/C20H18ClNO6/c21-15-9-12(22-19(25)20(26)27)4-7-18(15)28-13-5-6-16(23)14(10-13)17(24)8-11-2-1-3-11/h4-7,9-11,23H,1-3,8H2,(H,22,25)(H,26,27). The third kappa shape index (κ3) is 4.61. The SMILES string of the molecule is O=C(O)C(=O)Nc1ccc(Oc2ccc(O)c(C(=O)CC3CCC3)c2)c(Cl)c1. The Labute approximate surface area is 165 Å². The first kappa shape index (κ1) is 19.7. The van der Waals surface area contributed by atoms with Crippen LogP contribution in [0.25, 0.3) is 0 Å². The van der Waals surface area contributed by atoms with E-state index in [1.165, 1.54) is 36.4 Å². The number of phenolic OH excluding ortho intramolecular Hbond substituents is 1. The molecule has 0 bridgehead atoms. The molecule has 2 aromatic carbocycles. The minimum absolute atomic E-state index is 0.102. The van der Waals surface area contributed by atoms with Gasteiger partial charge in [-0.05, 0) is 42.3 Å². The molecule has 7 nitrogen and oxygen atoms in total. The number of carbonyl (C=O) groups excluding carboxylic acids is 2. The molecule has 1 aliphatic rings. The lowest BCUT2D eigenvalue weighted by Crippen LogP contribution is -2.21. The molecule has 1 aliphatic carbocycles. The number of ketones is 1. The molecule has 0 spiro atoms. The maximum absolute atomic E-state index is 12.4. The number of phenols is 1. The van der Waals surface area contributed by atoms with Gasteiger partial charge < -0.3 is 20.3 Å². The summed E-state index contributed by atoms with van der Waals surface area (Å²) in [6.07, 6.45) is 3.59. The number of rotatable bonds is 6. The third-order valence-corrected chi connectivity index (χ3v) is 4.87. The van der Waals surface area contributed by atoms with Crippen molar-refractivity contribution < 1.29 is 29.3 Å². The number of nitrogens with one attached hydrogen (secondary N) is 1. The number of amides is 1. The number of benzene rings is 2. The van der Waals surface area contributed by atoms with Crippen molar-refractivity contribution in [1.82, 2.24) is 0 Å². The molecule has 0 atom stereocenters. The van der Waals surface area contributed by atoms with E-state index < -0.39 is 11.9 Å². The minimum atomic E-state index is -1.61. The van der Waals surface area contributed by atoms with Crippen LogP contribution in [-0.4, -0.2) is 27.9 Å². The van der Waals surface area contributed by atoms with Crippen LogP contribution in [-0.2, 0) is 9.59 Å². The summed E-state index contributed by atoms with van der Waals surface area (Å²) in [4.78, 5) is 34.2. The fourth-order valence-corrected chi connectivity index (χ4v) is 3.06. The smallest absolute Gasteiger partial charge is 0.394 e. The number of Topliss-reactive ketones (excluding diaryl/α,β-unsaturated/α-hetero) is 1. The summed E-state index contributed by atoms with van der Waals surface area (Å²) < 4.78 is 5.68. The normalized spacial score (nSPS) is 13.5. The summed E-state index contributed by atoms with van der Waals surface area (Å²) in [5.41, 5.74) is 0.401. The number of carboxylic acids is 1. The summed E-state index contributed by atoms with van der Waals surface area (Å²) in [6, 6.07) is 8.60. The monoisotopic (exact) mass is 403 g/mol. The second-order valence-corrected chi connectivity index (χ2v) is 7.02. The van der Waals surface area contributed by atoms with E-state index >= 15 is 0 Å². The molecule has 0 radical (unpaired) electrons. The molecule has 0 unspecified atom stereocenters. The van der Waals surface area contributed by atoms with E-state index in [9.17, 15) is 19.5 Å². The molecule has 0 aliphatic heterocycles. The van der Waals surface area contributed by atoms with Gasteiger partial charge in [-0.25, -0.2) is 4.79 Å². The number of halogens is 1. The molecular weight excluding hydrogens is 386 g/mol. The Kier molecular flexibility index (Phi) is 5.84. The van der Waals surface area contributed by atoms with E-state index in [0.717, 1.165) is 19.3 Å². The Morgan fingerprint density at radius 3 is 2.50 bits per heavy atom. The highest BCUT2D eigenvalue weighted by molar-refractivity contribution is 6.37. The molecule has 0 saturated heterocycles. The van der Waals surface area contributed by atoms with Crippen LogP contribution >= 0.6 is 11.6 Å². The molecule has 8 heteroatoms. The van der Waals surface area contributed by atoms with Crippen molar-refractivity contribution in [3.8, 4) is 17.2 Å². The van der Waals surface area contributed by atoms with Gasteiger partial charge in [-0.1, -0.05) is 30.9 Å². The predicted molar refractivity (Wildman–Crippen MR) is 102 cm³/mol. The highest BCUT2D eigenvalue weighted by atomic mass is 35.5. The fourth-order valence-electron chi connectivity index (χ4n) is 2.84. The van der Waals surface area contributed by atoms with Gasteiger partial charge >= 0.3 is 11.9 Å². The topological polar surface area (TPSA) is 113 Å². The van der Waals surface area contributed by atoms with Gasteiger partial charge in [-0.15, -0.1) is 0 Å². The predicted octanol–water partition coefficient (Wildman–Crippen LogP) is 4.23. The van der Waals surface area contributed by atoms with Crippen molar-refractivity contribution in [3.63, 3.8) is 0 Å². The molecule has 0 heterocycles. The van der Waals surface area contributed by atoms with E-state index in [1.807, 2.05) is 0 Å². The van der Waals surface area contributed by atoms with Crippen molar-refractivity contribution in [2.24, 2.45) is 5.92 Å². The van der Waals surface area contributed by atoms with Gasteiger partial charge in [0.15, 0.2) is 5.78 Å². The number of anilines is 1. The second kappa shape index (κ2) is 8.31. The van der Waals surface area contributed by atoms with Crippen molar-refractivity contribution in [2.75, 3.05) is 5.32 Å². The number of carbonyl (C=O) groups is 3. The van der Waals surface area contributed by atoms with E-state index in [1.54, 1.807) is 0 Å². The Hall–Kier alpha value is -3.06. The van der Waals surface area contributed by atoms with Crippen LogP contribution in [0.15, 0.2) is 36.4 Å². The Morgan fingerprint density at radius 2 is 1.89 bits per heavy atom. The second-order valence-electron chi connectivity index (χ2n) is 6.61. The molecule has 146 valence electrons. The third-order valence-electron chi connectivity index (χ3n) is 4.58. The number of hydrogen-bond acceptors (Lipinski definition) is 5. The summed E-state index contributed by atoms with van der Waals surface area (Å²) in [6.45, 7) is 0. The van der Waals surface area contributed by atoms with E-state index in [2.05, 4.69) is 5.32 Å². The molecule has 1 fully saturated rings. The van der Waals surface area contributed by atoms with Crippen LogP contribution in [0.2, 0.25) is 5.02 Å². The van der Waals surface area contributed by atoms with Crippen molar-refractivity contribution in [2.45, 2.75) is 25.7 Å². The lowest BCUT2D eigenvalue weighted by Gasteiger charge is -2.24. The molecule has 28 heavy (non-hydrogen) atoms. The number of ether oxygens (including phenoxy) is 1. The highest BCUT2D eigenvalue weighted by Crippen LogP contribution is 2.35.